The Labute approximate surface area is 147 Å². The van der Waals surface area contributed by atoms with Crippen LogP contribution in [0.1, 0.15) is 74.7 Å². The lowest BCUT2D eigenvalue weighted by Crippen LogP contribution is -2.36. The number of hydrogen-bond acceptors (Lipinski definition) is 5. The van der Waals surface area contributed by atoms with E-state index < -0.39 is 24.0 Å². The van der Waals surface area contributed by atoms with Crippen molar-refractivity contribution < 1.29 is 24.2 Å². The highest BCUT2D eigenvalue weighted by Gasteiger charge is 2.31. The summed E-state index contributed by atoms with van der Waals surface area (Å²) < 4.78 is 4.61. The van der Waals surface area contributed by atoms with Gasteiger partial charge in [0.2, 0.25) is 5.91 Å². The maximum absolute atomic E-state index is 11.6. The van der Waals surface area contributed by atoms with Crippen molar-refractivity contribution in [3.05, 3.63) is 0 Å². The molecule has 0 aromatic rings. The van der Waals surface area contributed by atoms with Crippen LogP contribution in [0.4, 0.5) is 4.79 Å². The van der Waals surface area contributed by atoms with Crippen LogP contribution in [0, 0.1) is 5.92 Å². The van der Waals surface area contributed by atoms with E-state index in [0.717, 1.165) is 4.90 Å². The van der Waals surface area contributed by atoms with E-state index in [0.29, 0.717) is 6.42 Å². The van der Waals surface area contributed by atoms with E-state index in [9.17, 15) is 19.5 Å². The SMILES string of the molecule is CC.CC.CCC.CCC(=O)C(C)C(O)CC(=O)N1CCOC1=O. The quantitative estimate of drug-likeness (QED) is 0.817. The zero-order valence-electron chi connectivity index (χ0n) is 16.7. The van der Waals surface area contributed by atoms with Crippen LogP contribution >= 0.6 is 0 Å². The molecule has 1 aliphatic heterocycles. The van der Waals surface area contributed by atoms with Gasteiger partial charge in [0.1, 0.15) is 12.4 Å². The van der Waals surface area contributed by atoms with Gasteiger partial charge < -0.3 is 9.84 Å². The molecular weight excluding hydrogens is 310 g/mol. The van der Waals surface area contributed by atoms with E-state index in [4.69, 9.17) is 0 Å². The summed E-state index contributed by atoms with van der Waals surface area (Å²) in [5.74, 6) is -1.20. The number of amides is 2. The zero-order chi connectivity index (χ0) is 19.7. The molecule has 2 atom stereocenters. The van der Waals surface area contributed by atoms with Gasteiger partial charge in [-0.1, -0.05) is 61.8 Å². The van der Waals surface area contributed by atoms with Gasteiger partial charge in [0.05, 0.1) is 19.1 Å². The largest absolute Gasteiger partial charge is 0.447 e. The van der Waals surface area contributed by atoms with Gasteiger partial charge in [-0.25, -0.2) is 9.69 Å². The Balaban J connectivity index is -0.000000549. The van der Waals surface area contributed by atoms with Gasteiger partial charge in [-0.15, -0.1) is 0 Å². The first-order chi connectivity index (χ1) is 11.4. The number of rotatable bonds is 5. The van der Waals surface area contributed by atoms with E-state index in [-0.39, 0.29) is 25.4 Å². The molecule has 0 spiro atoms. The average molecular weight is 347 g/mol. The fraction of sp³-hybridized carbons (Fsp3) is 0.833. The standard InChI is InChI=1S/C11H17NO5.C3H8.2C2H6/c1-3-8(13)7(2)9(14)6-10(15)12-4-5-17-11(12)16;1-3-2;2*1-2/h7,9,14H,3-6H2,1-2H3;3H2,1-2H3;2*1-2H3. The highest BCUT2D eigenvalue weighted by Crippen LogP contribution is 2.14. The first-order valence-corrected chi connectivity index (χ1v) is 9.06. The number of hydrogen-bond donors (Lipinski definition) is 1. The van der Waals surface area contributed by atoms with Gasteiger partial charge >= 0.3 is 6.09 Å². The molecule has 144 valence electrons. The molecule has 6 heteroatoms. The summed E-state index contributed by atoms with van der Waals surface area (Å²) in [5.41, 5.74) is 0. The summed E-state index contributed by atoms with van der Waals surface area (Å²) in [5, 5.41) is 9.72. The number of carbonyl (C=O) groups excluding carboxylic acids is 3. The van der Waals surface area contributed by atoms with Crippen molar-refractivity contribution in [2.45, 2.75) is 80.8 Å². The van der Waals surface area contributed by atoms with Crippen LogP contribution in [0.25, 0.3) is 0 Å². The molecular formula is C18H37NO5. The maximum atomic E-state index is 11.6. The number of aliphatic hydroxyl groups excluding tert-OH is 1. The number of imide groups is 1. The molecule has 0 aromatic carbocycles. The van der Waals surface area contributed by atoms with Gasteiger partial charge in [-0.3, -0.25) is 9.59 Å². The minimum atomic E-state index is -1.05. The Morgan fingerprint density at radius 1 is 1.17 bits per heavy atom. The minimum absolute atomic E-state index is 0.103. The van der Waals surface area contributed by atoms with Crippen molar-refractivity contribution in [3.63, 3.8) is 0 Å². The summed E-state index contributed by atoms with van der Waals surface area (Å²) in [6.07, 6.45) is -0.403. The second kappa shape index (κ2) is 17.9. The molecule has 0 saturated carbocycles. The highest BCUT2D eigenvalue weighted by atomic mass is 16.6. The predicted octanol–water partition coefficient (Wildman–Crippen LogP) is 3.80. The number of aliphatic hydroxyl groups is 1. The van der Waals surface area contributed by atoms with Gasteiger partial charge in [-0.05, 0) is 0 Å². The molecule has 1 N–H and O–H groups in total. The molecule has 0 radical (unpaired) electrons. The summed E-state index contributed by atoms with van der Waals surface area (Å²) in [4.78, 5) is 35.0. The van der Waals surface area contributed by atoms with Gasteiger partial charge in [0.25, 0.3) is 0 Å². The van der Waals surface area contributed by atoms with E-state index in [1.807, 2.05) is 27.7 Å². The first kappa shape index (κ1) is 27.4. The Hall–Kier alpha value is -1.43. The second-order valence-corrected chi connectivity index (χ2v) is 4.75. The molecule has 1 rings (SSSR count). The summed E-state index contributed by atoms with van der Waals surface area (Å²) in [7, 11) is 0. The second-order valence-electron chi connectivity index (χ2n) is 4.75. The number of nitrogens with zero attached hydrogens (tertiary/aromatic N) is 1. The summed E-state index contributed by atoms with van der Waals surface area (Å²) in [6.45, 7) is 15.9. The fourth-order valence-corrected chi connectivity index (χ4v) is 1.62. The van der Waals surface area contributed by atoms with Crippen molar-refractivity contribution in [2.24, 2.45) is 5.92 Å². The molecule has 0 aliphatic carbocycles. The lowest BCUT2D eigenvalue weighted by molar-refractivity contribution is -0.132. The Kier molecular flexibility index (Phi) is 20.5. The third-order valence-corrected chi connectivity index (χ3v) is 2.88. The number of ether oxygens (including phenoxy) is 1. The smallest absolute Gasteiger partial charge is 0.416 e. The van der Waals surface area contributed by atoms with Crippen LogP contribution in [-0.4, -0.2) is 47.0 Å². The zero-order valence-corrected chi connectivity index (χ0v) is 16.7. The molecule has 2 unspecified atom stereocenters. The Bertz CT molecular complexity index is 344. The molecule has 24 heavy (non-hydrogen) atoms. The lowest BCUT2D eigenvalue weighted by Gasteiger charge is -2.18. The Morgan fingerprint density at radius 2 is 1.62 bits per heavy atom. The topological polar surface area (TPSA) is 83.9 Å². The number of cyclic esters (lactones) is 1. The number of carbonyl (C=O) groups is 3. The van der Waals surface area contributed by atoms with Crippen LogP contribution in [0.15, 0.2) is 0 Å². The monoisotopic (exact) mass is 347 g/mol. The maximum Gasteiger partial charge on any atom is 0.416 e. The summed E-state index contributed by atoms with van der Waals surface area (Å²) >= 11 is 0. The number of Topliss-reactive ketones (excluding diaryl/α,β-unsaturated/α-hetero) is 1. The first-order valence-electron chi connectivity index (χ1n) is 9.06. The van der Waals surface area contributed by atoms with Gasteiger partial charge in [-0.2, -0.15) is 0 Å². The van der Waals surface area contributed by atoms with Crippen molar-refractivity contribution in [2.75, 3.05) is 13.2 Å². The van der Waals surface area contributed by atoms with Gasteiger partial charge in [0.15, 0.2) is 0 Å². The van der Waals surface area contributed by atoms with Crippen LogP contribution in [-0.2, 0) is 14.3 Å². The van der Waals surface area contributed by atoms with E-state index >= 15 is 0 Å². The van der Waals surface area contributed by atoms with E-state index in [1.54, 1.807) is 13.8 Å². The molecule has 0 bridgehead atoms. The van der Waals surface area contributed by atoms with Crippen molar-refractivity contribution in [3.8, 4) is 0 Å². The summed E-state index contributed by atoms with van der Waals surface area (Å²) in [6, 6.07) is 0. The van der Waals surface area contributed by atoms with Crippen LogP contribution < -0.4 is 0 Å². The van der Waals surface area contributed by atoms with Crippen molar-refractivity contribution in [1.82, 2.24) is 4.90 Å². The van der Waals surface area contributed by atoms with Crippen LogP contribution in [0.2, 0.25) is 0 Å². The van der Waals surface area contributed by atoms with E-state index in [2.05, 4.69) is 18.6 Å². The number of ketones is 1. The molecule has 1 fully saturated rings. The van der Waals surface area contributed by atoms with E-state index in [1.165, 1.54) is 6.42 Å². The molecule has 1 heterocycles. The van der Waals surface area contributed by atoms with Crippen LogP contribution in [0.3, 0.4) is 0 Å². The molecule has 1 aliphatic rings. The molecule has 1 saturated heterocycles. The fourth-order valence-electron chi connectivity index (χ4n) is 1.62. The Morgan fingerprint density at radius 3 is 1.96 bits per heavy atom. The van der Waals surface area contributed by atoms with Crippen LogP contribution in [0.5, 0.6) is 0 Å². The van der Waals surface area contributed by atoms with Crippen molar-refractivity contribution >= 4 is 17.8 Å². The third kappa shape index (κ3) is 11.2. The molecule has 2 amide bonds. The lowest BCUT2D eigenvalue weighted by atomic mass is 9.95. The molecule has 0 aromatic heterocycles. The normalized spacial score (nSPS) is 14.5. The third-order valence-electron chi connectivity index (χ3n) is 2.88. The van der Waals surface area contributed by atoms with Gasteiger partial charge in [0, 0.05) is 12.3 Å². The van der Waals surface area contributed by atoms with Crippen molar-refractivity contribution in [1.29, 1.82) is 0 Å². The average Bonchev–Trinajstić information content (AvgIpc) is 3.03. The minimum Gasteiger partial charge on any atom is -0.447 e. The highest BCUT2D eigenvalue weighted by molar-refractivity contribution is 5.93. The predicted molar refractivity (Wildman–Crippen MR) is 96.8 cm³/mol. The molecule has 6 nitrogen and oxygen atoms in total.